The fraction of sp³-hybridized carbons (Fsp3) is 0.235. The molecule has 124 valence electrons. The monoisotopic (exact) mass is 347 g/mol. The Bertz CT molecular complexity index is 926. The van der Waals surface area contributed by atoms with Crippen molar-refractivity contribution in [1.82, 2.24) is 14.5 Å². The number of pyridine rings is 1. The summed E-state index contributed by atoms with van der Waals surface area (Å²) in [6.07, 6.45) is 0. The summed E-state index contributed by atoms with van der Waals surface area (Å²) >= 11 is 5.93. The minimum Gasteiger partial charge on any atom is -0.380 e. The van der Waals surface area contributed by atoms with Crippen LogP contribution in [0.15, 0.2) is 41.2 Å². The van der Waals surface area contributed by atoms with Crippen LogP contribution in [0.3, 0.4) is 0 Å². The minimum atomic E-state index is -0.410. The van der Waals surface area contributed by atoms with Crippen molar-refractivity contribution >= 4 is 22.8 Å². The Hall–Kier alpha value is -2.31. The second kappa shape index (κ2) is 7.07. The van der Waals surface area contributed by atoms with Crippen LogP contribution >= 0.6 is 11.6 Å². The van der Waals surface area contributed by atoms with Crippen LogP contribution in [0.5, 0.6) is 0 Å². The second-order valence-corrected chi connectivity index (χ2v) is 5.46. The van der Waals surface area contributed by atoms with E-state index in [1.807, 2.05) is 6.92 Å². The Morgan fingerprint density at radius 1 is 1.17 bits per heavy atom. The van der Waals surface area contributed by atoms with Gasteiger partial charge in [0, 0.05) is 12.2 Å². The average molecular weight is 348 g/mol. The van der Waals surface area contributed by atoms with E-state index >= 15 is 0 Å². The van der Waals surface area contributed by atoms with Crippen molar-refractivity contribution in [1.29, 1.82) is 0 Å². The van der Waals surface area contributed by atoms with Crippen LogP contribution in [0.4, 0.5) is 4.39 Å². The lowest BCUT2D eigenvalue weighted by Gasteiger charge is -2.11. The molecule has 3 rings (SSSR count). The smallest absolute Gasteiger partial charge is 0.289 e. The molecule has 0 aliphatic heterocycles. The van der Waals surface area contributed by atoms with E-state index < -0.39 is 5.56 Å². The lowest BCUT2D eigenvalue weighted by molar-refractivity contribution is 0.139. The van der Waals surface area contributed by atoms with Gasteiger partial charge in [0.05, 0.1) is 18.8 Å². The summed E-state index contributed by atoms with van der Waals surface area (Å²) in [6.45, 7) is 3.13. The number of aromatic nitrogens is 3. The van der Waals surface area contributed by atoms with Gasteiger partial charge in [0.25, 0.3) is 5.56 Å². The maximum absolute atomic E-state index is 13.1. The third-order valence-electron chi connectivity index (χ3n) is 3.55. The van der Waals surface area contributed by atoms with Crippen LogP contribution in [0.1, 0.15) is 6.92 Å². The first kappa shape index (κ1) is 16.5. The lowest BCUT2D eigenvalue weighted by Crippen LogP contribution is -2.25. The van der Waals surface area contributed by atoms with Crippen LogP contribution in [-0.2, 0) is 11.3 Å². The third kappa shape index (κ3) is 3.29. The minimum absolute atomic E-state index is 0.102. The molecule has 24 heavy (non-hydrogen) atoms. The highest BCUT2D eigenvalue weighted by atomic mass is 35.5. The summed E-state index contributed by atoms with van der Waals surface area (Å²) in [6, 6.07) is 9.50. The molecule has 2 aromatic heterocycles. The summed E-state index contributed by atoms with van der Waals surface area (Å²) < 4.78 is 19.9. The predicted octanol–water partition coefficient (Wildman–Crippen LogP) is 3.29. The lowest BCUT2D eigenvalue weighted by atomic mass is 10.1. The van der Waals surface area contributed by atoms with E-state index in [1.54, 1.807) is 24.3 Å². The van der Waals surface area contributed by atoms with Gasteiger partial charge in [0.15, 0.2) is 10.8 Å². The first-order valence-electron chi connectivity index (χ1n) is 7.51. The Morgan fingerprint density at radius 2 is 1.92 bits per heavy atom. The van der Waals surface area contributed by atoms with Gasteiger partial charge in [-0.3, -0.25) is 9.36 Å². The van der Waals surface area contributed by atoms with Gasteiger partial charge in [0.2, 0.25) is 0 Å². The molecule has 0 aliphatic carbocycles. The van der Waals surface area contributed by atoms with Gasteiger partial charge in [-0.05, 0) is 43.3 Å². The predicted molar refractivity (Wildman–Crippen MR) is 90.7 cm³/mol. The normalized spacial score (nSPS) is 11.1. The molecule has 3 aromatic rings. The molecule has 0 N–H and O–H groups in total. The first-order valence-corrected chi connectivity index (χ1v) is 7.88. The zero-order chi connectivity index (χ0) is 17.1. The molecule has 0 atom stereocenters. The molecule has 7 heteroatoms. The van der Waals surface area contributed by atoms with E-state index in [1.165, 1.54) is 16.7 Å². The summed E-state index contributed by atoms with van der Waals surface area (Å²) in [5.74, 6) is -0.318. The van der Waals surface area contributed by atoms with E-state index in [2.05, 4.69) is 9.97 Å². The molecule has 0 aliphatic rings. The SMILES string of the molecule is CCOCCn1c(=O)c(Cl)nc2ccc(-c3ccc(F)cc3)nc21. The van der Waals surface area contributed by atoms with Crippen molar-refractivity contribution in [3.8, 4) is 11.3 Å². The fourth-order valence-corrected chi connectivity index (χ4v) is 2.57. The molecule has 0 radical (unpaired) electrons. The van der Waals surface area contributed by atoms with Gasteiger partial charge in [-0.25, -0.2) is 14.4 Å². The molecule has 2 heterocycles. The van der Waals surface area contributed by atoms with Crippen molar-refractivity contribution in [3.63, 3.8) is 0 Å². The first-order chi connectivity index (χ1) is 11.6. The third-order valence-corrected chi connectivity index (χ3v) is 3.80. The number of hydrogen-bond acceptors (Lipinski definition) is 4. The summed E-state index contributed by atoms with van der Waals surface area (Å²) in [5, 5.41) is -0.102. The number of benzene rings is 1. The van der Waals surface area contributed by atoms with Gasteiger partial charge in [-0.15, -0.1) is 0 Å². The number of nitrogens with zero attached hydrogens (tertiary/aromatic N) is 3. The van der Waals surface area contributed by atoms with Crippen LogP contribution < -0.4 is 5.56 Å². The van der Waals surface area contributed by atoms with Gasteiger partial charge in [-0.2, -0.15) is 0 Å². The van der Waals surface area contributed by atoms with Crippen LogP contribution in [-0.4, -0.2) is 27.7 Å². The van der Waals surface area contributed by atoms with Crippen LogP contribution in [0.25, 0.3) is 22.4 Å². The maximum Gasteiger partial charge on any atom is 0.289 e. The van der Waals surface area contributed by atoms with E-state index in [0.29, 0.717) is 36.6 Å². The molecule has 0 saturated heterocycles. The van der Waals surface area contributed by atoms with Gasteiger partial charge >= 0.3 is 0 Å². The zero-order valence-electron chi connectivity index (χ0n) is 13.0. The standard InChI is InChI=1S/C17H15ClFN3O2/c1-2-24-10-9-22-16-14(20-15(18)17(22)23)8-7-13(21-16)11-3-5-12(19)6-4-11/h3-8H,2,9-10H2,1H3. The highest BCUT2D eigenvalue weighted by Crippen LogP contribution is 2.20. The number of hydrogen-bond donors (Lipinski definition) is 0. The average Bonchev–Trinajstić information content (AvgIpc) is 2.59. The van der Waals surface area contributed by atoms with Crippen molar-refractivity contribution in [2.45, 2.75) is 13.5 Å². The number of ether oxygens (including phenoxy) is 1. The quantitative estimate of drug-likeness (QED) is 0.665. The van der Waals surface area contributed by atoms with Crippen molar-refractivity contribution in [2.75, 3.05) is 13.2 Å². The molecule has 0 amide bonds. The highest BCUT2D eigenvalue weighted by molar-refractivity contribution is 6.29. The van der Waals surface area contributed by atoms with Gasteiger partial charge in [-0.1, -0.05) is 11.6 Å². The van der Waals surface area contributed by atoms with E-state index in [4.69, 9.17) is 16.3 Å². The Kier molecular flexibility index (Phi) is 4.87. The molecular formula is C17H15ClFN3O2. The molecule has 0 saturated carbocycles. The fourth-order valence-electron chi connectivity index (χ4n) is 2.38. The van der Waals surface area contributed by atoms with Crippen molar-refractivity contribution in [3.05, 3.63) is 57.7 Å². The number of halogens is 2. The Labute approximate surface area is 142 Å². The van der Waals surface area contributed by atoms with Gasteiger partial charge in [0.1, 0.15) is 11.3 Å². The molecule has 1 aromatic carbocycles. The maximum atomic E-state index is 13.1. The topological polar surface area (TPSA) is 57.0 Å². The molecule has 0 spiro atoms. The summed E-state index contributed by atoms with van der Waals surface area (Å²) in [5.41, 5.74) is 1.90. The molecule has 0 bridgehead atoms. The van der Waals surface area contributed by atoms with Gasteiger partial charge < -0.3 is 4.74 Å². The van der Waals surface area contributed by atoms with Crippen LogP contribution in [0, 0.1) is 5.82 Å². The summed E-state index contributed by atoms with van der Waals surface area (Å²) in [7, 11) is 0. The van der Waals surface area contributed by atoms with Crippen molar-refractivity contribution in [2.24, 2.45) is 0 Å². The van der Waals surface area contributed by atoms with Crippen molar-refractivity contribution < 1.29 is 9.13 Å². The molecular weight excluding hydrogens is 333 g/mol. The number of rotatable bonds is 5. The van der Waals surface area contributed by atoms with Crippen LogP contribution in [0.2, 0.25) is 5.15 Å². The molecule has 0 fully saturated rings. The van der Waals surface area contributed by atoms with E-state index in [0.717, 1.165) is 5.56 Å². The Balaban J connectivity index is 2.12. The Morgan fingerprint density at radius 3 is 2.62 bits per heavy atom. The molecule has 5 nitrogen and oxygen atoms in total. The second-order valence-electron chi connectivity index (χ2n) is 5.10. The van der Waals surface area contributed by atoms with E-state index in [-0.39, 0.29) is 11.0 Å². The molecule has 0 unspecified atom stereocenters. The van der Waals surface area contributed by atoms with E-state index in [9.17, 15) is 9.18 Å². The summed E-state index contributed by atoms with van der Waals surface area (Å²) in [4.78, 5) is 20.9. The largest absolute Gasteiger partial charge is 0.380 e. The number of fused-ring (bicyclic) bond motifs is 1. The highest BCUT2D eigenvalue weighted by Gasteiger charge is 2.12. The zero-order valence-corrected chi connectivity index (χ0v) is 13.8.